The maximum Gasteiger partial charge on any atom is 0.139 e. The predicted molar refractivity (Wildman–Crippen MR) is 67.1 cm³/mol. The van der Waals surface area contributed by atoms with E-state index in [0.717, 1.165) is 20.7 Å². The van der Waals surface area contributed by atoms with Crippen molar-refractivity contribution in [2.24, 2.45) is 0 Å². The molecule has 0 aliphatic carbocycles. The highest BCUT2D eigenvalue weighted by molar-refractivity contribution is 9.10. The number of hydrogen-bond donors (Lipinski definition) is 1. The van der Waals surface area contributed by atoms with Crippen LogP contribution in [0.4, 0.5) is 0 Å². The smallest absolute Gasteiger partial charge is 0.139 e. The average molecular weight is 279 g/mol. The van der Waals surface area contributed by atoms with Crippen LogP contribution in [0.25, 0.3) is 21.6 Å². The molecule has 2 aromatic heterocycles. The third-order valence-corrected chi connectivity index (χ3v) is 3.55. The van der Waals surface area contributed by atoms with Crippen molar-refractivity contribution in [3.63, 3.8) is 0 Å². The molecule has 4 heteroatoms. The number of thiazole rings is 1. The van der Waals surface area contributed by atoms with Crippen LogP contribution in [0.1, 0.15) is 0 Å². The van der Waals surface area contributed by atoms with Crippen LogP contribution < -0.4 is 0 Å². The van der Waals surface area contributed by atoms with Gasteiger partial charge in [-0.15, -0.1) is 11.3 Å². The van der Waals surface area contributed by atoms with Gasteiger partial charge in [-0.1, -0.05) is 22.0 Å². The van der Waals surface area contributed by atoms with E-state index in [9.17, 15) is 0 Å². The van der Waals surface area contributed by atoms with E-state index in [1.807, 2.05) is 17.6 Å². The van der Waals surface area contributed by atoms with E-state index in [-0.39, 0.29) is 0 Å². The minimum absolute atomic E-state index is 1.03. The molecule has 0 spiro atoms. The highest BCUT2D eigenvalue weighted by Gasteiger charge is 2.04. The summed E-state index contributed by atoms with van der Waals surface area (Å²) < 4.78 is 1.09. The van der Waals surface area contributed by atoms with Crippen LogP contribution >= 0.6 is 27.3 Å². The Balaban J connectivity index is 2.22. The molecule has 3 rings (SSSR count). The van der Waals surface area contributed by atoms with Gasteiger partial charge < -0.3 is 4.98 Å². The molecule has 15 heavy (non-hydrogen) atoms. The molecule has 0 radical (unpaired) electrons. The minimum atomic E-state index is 1.03. The summed E-state index contributed by atoms with van der Waals surface area (Å²) in [5.74, 6) is 0. The van der Waals surface area contributed by atoms with Gasteiger partial charge in [0.2, 0.25) is 0 Å². The van der Waals surface area contributed by atoms with E-state index in [4.69, 9.17) is 0 Å². The number of nitrogens with zero attached hydrogens (tertiary/aromatic N) is 1. The van der Waals surface area contributed by atoms with Gasteiger partial charge in [0.25, 0.3) is 0 Å². The summed E-state index contributed by atoms with van der Waals surface area (Å²) in [6.07, 6.45) is 1.82. The van der Waals surface area contributed by atoms with Crippen LogP contribution in [0.15, 0.2) is 40.3 Å². The third kappa shape index (κ3) is 1.60. The lowest BCUT2D eigenvalue weighted by Crippen LogP contribution is -1.72. The molecule has 0 bridgehead atoms. The average Bonchev–Trinajstić information content (AvgIpc) is 2.84. The van der Waals surface area contributed by atoms with Crippen LogP contribution in [-0.4, -0.2) is 9.97 Å². The summed E-state index contributed by atoms with van der Waals surface area (Å²) in [5.41, 5.74) is 2.22. The fourth-order valence-electron chi connectivity index (χ4n) is 1.57. The van der Waals surface area contributed by atoms with Crippen molar-refractivity contribution in [2.45, 2.75) is 0 Å². The second-order valence-corrected chi connectivity index (χ2v) is 5.06. The minimum Gasteiger partial charge on any atom is -0.353 e. The van der Waals surface area contributed by atoms with Gasteiger partial charge >= 0.3 is 0 Å². The van der Waals surface area contributed by atoms with Crippen LogP contribution in [0, 0.1) is 0 Å². The first-order valence-electron chi connectivity index (χ1n) is 4.51. The second-order valence-electron chi connectivity index (χ2n) is 3.25. The molecule has 0 unspecified atom stereocenters. The summed E-state index contributed by atoms with van der Waals surface area (Å²) in [4.78, 5) is 7.64. The lowest BCUT2D eigenvalue weighted by molar-refractivity contribution is 1.36. The van der Waals surface area contributed by atoms with E-state index in [0.29, 0.717) is 0 Å². The van der Waals surface area contributed by atoms with Crippen LogP contribution in [0.5, 0.6) is 0 Å². The molecule has 0 amide bonds. The summed E-state index contributed by atoms with van der Waals surface area (Å²) in [6, 6.07) is 8.34. The first-order valence-corrected chi connectivity index (χ1v) is 6.18. The fraction of sp³-hybridized carbons (Fsp3) is 0. The molecule has 3 aromatic rings. The first-order chi connectivity index (χ1) is 7.33. The molecule has 74 valence electrons. The van der Waals surface area contributed by atoms with Gasteiger partial charge in [0.1, 0.15) is 5.01 Å². The zero-order chi connectivity index (χ0) is 10.3. The van der Waals surface area contributed by atoms with Crippen molar-refractivity contribution in [2.75, 3.05) is 0 Å². The zero-order valence-corrected chi connectivity index (χ0v) is 10.1. The maximum atomic E-state index is 4.28. The number of nitrogens with one attached hydrogen (secondary N) is 1. The third-order valence-electron chi connectivity index (χ3n) is 2.25. The number of aromatic amines is 1. The number of halogens is 1. The Hall–Kier alpha value is -1.13. The Morgan fingerprint density at radius 3 is 3.00 bits per heavy atom. The molecule has 1 aromatic carbocycles. The Morgan fingerprint density at radius 2 is 2.20 bits per heavy atom. The molecule has 0 atom stereocenters. The highest BCUT2D eigenvalue weighted by atomic mass is 79.9. The molecule has 0 saturated carbocycles. The molecule has 0 aliphatic heterocycles. The van der Waals surface area contributed by atoms with Gasteiger partial charge in [0, 0.05) is 27.0 Å². The van der Waals surface area contributed by atoms with Crippen LogP contribution in [0.3, 0.4) is 0 Å². The molecular formula is C11H7BrN2S. The van der Waals surface area contributed by atoms with Gasteiger partial charge in [-0.05, 0) is 18.2 Å². The summed E-state index contributed by atoms with van der Waals surface area (Å²) in [6.45, 7) is 0. The van der Waals surface area contributed by atoms with Gasteiger partial charge in [-0.3, -0.25) is 0 Å². The Morgan fingerprint density at radius 1 is 1.27 bits per heavy atom. The Bertz CT molecular complexity index is 598. The zero-order valence-electron chi connectivity index (χ0n) is 7.70. The molecule has 0 aliphatic rings. The number of fused-ring (bicyclic) bond motifs is 1. The lowest BCUT2D eigenvalue weighted by Gasteiger charge is -1.89. The molecule has 2 nitrogen and oxygen atoms in total. The molecule has 0 saturated heterocycles. The number of H-pyrrole nitrogens is 1. The number of rotatable bonds is 1. The summed E-state index contributed by atoms with van der Waals surface area (Å²) in [7, 11) is 0. The normalized spacial score (nSPS) is 11.0. The number of benzene rings is 1. The molecule has 1 N–H and O–H groups in total. The van der Waals surface area contributed by atoms with Crippen LogP contribution in [-0.2, 0) is 0 Å². The fourth-order valence-corrected chi connectivity index (χ4v) is 2.54. The molecule has 2 heterocycles. The maximum absolute atomic E-state index is 4.28. The molecular weight excluding hydrogens is 272 g/mol. The van der Waals surface area contributed by atoms with Crippen molar-refractivity contribution >= 4 is 38.2 Å². The van der Waals surface area contributed by atoms with Gasteiger partial charge in [-0.2, -0.15) is 0 Å². The Kier molecular flexibility index (Phi) is 2.11. The van der Waals surface area contributed by atoms with Crippen molar-refractivity contribution in [1.82, 2.24) is 9.97 Å². The summed E-state index contributed by atoms with van der Waals surface area (Å²) in [5, 5.41) is 4.22. The van der Waals surface area contributed by atoms with E-state index in [1.54, 1.807) is 11.3 Å². The van der Waals surface area contributed by atoms with Gasteiger partial charge in [0.05, 0.1) is 5.69 Å². The van der Waals surface area contributed by atoms with E-state index in [2.05, 4.69) is 44.1 Å². The van der Waals surface area contributed by atoms with Crippen LogP contribution in [0.2, 0.25) is 0 Å². The molecule has 0 fully saturated rings. The second kappa shape index (κ2) is 3.47. The number of hydrogen-bond acceptors (Lipinski definition) is 2. The largest absolute Gasteiger partial charge is 0.353 e. The Labute approximate surface area is 99.1 Å². The monoisotopic (exact) mass is 278 g/mol. The predicted octanol–water partition coefficient (Wildman–Crippen LogP) is 4.05. The SMILES string of the molecule is Brc1ccc2cc(-c3nccs3)[nH]c2c1. The number of aromatic nitrogens is 2. The van der Waals surface area contributed by atoms with E-state index >= 15 is 0 Å². The van der Waals surface area contributed by atoms with Gasteiger partial charge in [-0.25, -0.2) is 4.98 Å². The van der Waals surface area contributed by atoms with E-state index < -0.39 is 0 Å². The topological polar surface area (TPSA) is 28.7 Å². The summed E-state index contributed by atoms with van der Waals surface area (Å²) >= 11 is 5.10. The van der Waals surface area contributed by atoms with Crippen molar-refractivity contribution < 1.29 is 0 Å². The highest BCUT2D eigenvalue weighted by Crippen LogP contribution is 2.27. The van der Waals surface area contributed by atoms with Crippen molar-refractivity contribution in [3.8, 4) is 10.7 Å². The standard InChI is InChI=1S/C11H7BrN2S/c12-8-2-1-7-5-10(14-9(7)6-8)11-13-3-4-15-11/h1-6,14H. The quantitative estimate of drug-likeness (QED) is 0.715. The van der Waals surface area contributed by atoms with Gasteiger partial charge in [0.15, 0.2) is 0 Å². The van der Waals surface area contributed by atoms with Crippen molar-refractivity contribution in [1.29, 1.82) is 0 Å². The lowest BCUT2D eigenvalue weighted by atomic mass is 10.2. The van der Waals surface area contributed by atoms with Crippen molar-refractivity contribution in [3.05, 3.63) is 40.3 Å². The first kappa shape index (κ1) is 9.12. The van der Waals surface area contributed by atoms with E-state index in [1.165, 1.54) is 5.39 Å².